The fourth-order valence-electron chi connectivity index (χ4n) is 3.53. The highest BCUT2D eigenvalue weighted by atomic mass is 32.1. The minimum absolute atomic E-state index is 0.711. The normalized spacial score (nSPS) is 32.8. The first-order chi connectivity index (χ1) is 8.93. The zero-order valence-electron chi connectivity index (χ0n) is 10.9. The van der Waals surface area contributed by atoms with Gasteiger partial charge in [-0.3, -0.25) is 4.98 Å². The van der Waals surface area contributed by atoms with Crippen LogP contribution in [0.25, 0.3) is 0 Å². The SMILES string of the molecule is c1ncc(CNC2CCCC2C2CCCCN2)s1. The van der Waals surface area contributed by atoms with E-state index in [0.717, 1.165) is 18.5 Å². The Morgan fingerprint density at radius 3 is 3.06 bits per heavy atom. The lowest BCUT2D eigenvalue weighted by Crippen LogP contribution is -2.46. The topological polar surface area (TPSA) is 37.0 Å². The number of hydrogen-bond donors (Lipinski definition) is 2. The Hall–Kier alpha value is -0.450. The fourth-order valence-corrected chi connectivity index (χ4v) is 4.07. The zero-order valence-corrected chi connectivity index (χ0v) is 11.7. The van der Waals surface area contributed by atoms with Crippen LogP contribution in [0.2, 0.25) is 0 Å². The standard InChI is InChI=1S/C14H23N3S/c1-2-7-16-13(5-1)12-4-3-6-14(12)17-9-11-8-15-10-18-11/h8,10,12-14,16-17H,1-7,9H2. The van der Waals surface area contributed by atoms with E-state index in [2.05, 4.69) is 15.6 Å². The molecule has 1 aromatic heterocycles. The third-order valence-electron chi connectivity index (χ3n) is 4.46. The van der Waals surface area contributed by atoms with Crippen LogP contribution in [-0.4, -0.2) is 23.6 Å². The summed E-state index contributed by atoms with van der Waals surface area (Å²) in [4.78, 5) is 5.50. The third kappa shape index (κ3) is 2.92. The second-order valence-electron chi connectivity index (χ2n) is 5.61. The predicted octanol–water partition coefficient (Wildman–Crippen LogP) is 2.54. The van der Waals surface area contributed by atoms with Gasteiger partial charge in [0.15, 0.2) is 0 Å². The molecule has 4 heteroatoms. The van der Waals surface area contributed by atoms with Crippen LogP contribution in [-0.2, 0) is 6.54 Å². The van der Waals surface area contributed by atoms with Gasteiger partial charge >= 0.3 is 0 Å². The fraction of sp³-hybridized carbons (Fsp3) is 0.786. The molecule has 2 heterocycles. The molecule has 100 valence electrons. The summed E-state index contributed by atoms with van der Waals surface area (Å²) >= 11 is 1.75. The Bertz CT molecular complexity index is 346. The Balaban J connectivity index is 1.53. The van der Waals surface area contributed by atoms with Crippen molar-refractivity contribution >= 4 is 11.3 Å². The van der Waals surface area contributed by atoms with Gasteiger partial charge in [0.1, 0.15) is 0 Å². The van der Waals surface area contributed by atoms with Gasteiger partial charge in [-0.2, -0.15) is 0 Å². The van der Waals surface area contributed by atoms with Crippen molar-refractivity contribution in [2.45, 2.75) is 57.2 Å². The molecule has 1 aromatic rings. The smallest absolute Gasteiger partial charge is 0.0794 e. The van der Waals surface area contributed by atoms with Gasteiger partial charge in [-0.15, -0.1) is 11.3 Å². The molecule has 3 rings (SSSR count). The molecular weight excluding hydrogens is 242 g/mol. The monoisotopic (exact) mass is 265 g/mol. The van der Waals surface area contributed by atoms with Crippen molar-refractivity contribution in [3.63, 3.8) is 0 Å². The van der Waals surface area contributed by atoms with Crippen LogP contribution in [0, 0.1) is 5.92 Å². The highest BCUT2D eigenvalue weighted by molar-refractivity contribution is 7.09. The molecule has 0 aromatic carbocycles. The average Bonchev–Trinajstić information content (AvgIpc) is 3.09. The summed E-state index contributed by atoms with van der Waals surface area (Å²) in [6, 6.07) is 1.47. The number of nitrogens with one attached hydrogen (secondary N) is 2. The summed E-state index contributed by atoms with van der Waals surface area (Å²) in [5.74, 6) is 0.846. The van der Waals surface area contributed by atoms with Gasteiger partial charge in [-0.05, 0) is 38.1 Å². The first-order valence-corrected chi connectivity index (χ1v) is 8.15. The van der Waals surface area contributed by atoms with E-state index in [4.69, 9.17) is 0 Å². The highest BCUT2D eigenvalue weighted by Crippen LogP contribution is 2.32. The Kier molecular flexibility index (Phi) is 4.28. The number of aromatic nitrogens is 1. The number of hydrogen-bond acceptors (Lipinski definition) is 4. The van der Waals surface area contributed by atoms with E-state index >= 15 is 0 Å². The van der Waals surface area contributed by atoms with E-state index in [1.807, 2.05) is 11.7 Å². The number of thiazole rings is 1. The van der Waals surface area contributed by atoms with Gasteiger partial charge in [0.2, 0.25) is 0 Å². The van der Waals surface area contributed by atoms with Crippen molar-refractivity contribution in [2.75, 3.05) is 6.54 Å². The van der Waals surface area contributed by atoms with Crippen LogP contribution in [0.1, 0.15) is 43.4 Å². The molecule has 1 aliphatic carbocycles. The van der Waals surface area contributed by atoms with Gasteiger partial charge in [0, 0.05) is 29.7 Å². The minimum atomic E-state index is 0.711. The highest BCUT2D eigenvalue weighted by Gasteiger charge is 2.33. The second kappa shape index (κ2) is 6.13. The van der Waals surface area contributed by atoms with Crippen LogP contribution in [0.15, 0.2) is 11.7 Å². The lowest BCUT2D eigenvalue weighted by Gasteiger charge is -2.33. The van der Waals surface area contributed by atoms with Crippen LogP contribution in [0.5, 0.6) is 0 Å². The number of rotatable bonds is 4. The molecule has 3 unspecified atom stereocenters. The Morgan fingerprint density at radius 2 is 2.28 bits per heavy atom. The largest absolute Gasteiger partial charge is 0.314 e. The summed E-state index contributed by atoms with van der Waals surface area (Å²) < 4.78 is 0. The molecule has 1 saturated carbocycles. The van der Waals surface area contributed by atoms with Crippen molar-refractivity contribution < 1.29 is 0 Å². The van der Waals surface area contributed by atoms with Gasteiger partial charge in [0.25, 0.3) is 0 Å². The first-order valence-electron chi connectivity index (χ1n) is 7.27. The molecule has 0 spiro atoms. The van der Waals surface area contributed by atoms with E-state index in [1.54, 1.807) is 11.3 Å². The average molecular weight is 265 g/mol. The van der Waals surface area contributed by atoms with Crippen molar-refractivity contribution in [1.82, 2.24) is 15.6 Å². The molecule has 0 amide bonds. The molecule has 2 fully saturated rings. The molecule has 2 N–H and O–H groups in total. The maximum absolute atomic E-state index is 4.14. The molecule has 1 aliphatic heterocycles. The third-order valence-corrected chi connectivity index (χ3v) is 5.24. The van der Waals surface area contributed by atoms with Crippen LogP contribution >= 0.6 is 11.3 Å². The molecular formula is C14H23N3S. The number of piperidine rings is 1. The van der Waals surface area contributed by atoms with E-state index in [1.165, 1.54) is 49.9 Å². The molecule has 3 nitrogen and oxygen atoms in total. The predicted molar refractivity (Wildman–Crippen MR) is 75.7 cm³/mol. The maximum atomic E-state index is 4.14. The first kappa shape index (κ1) is 12.6. The van der Waals surface area contributed by atoms with Gasteiger partial charge in [-0.25, -0.2) is 0 Å². The minimum Gasteiger partial charge on any atom is -0.314 e. The Labute approximate surface area is 113 Å². The summed E-state index contributed by atoms with van der Waals surface area (Å²) in [6.45, 7) is 2.22. The summed E-state index contributed by atoms with van der Waals surface area (Å²) in [5, 5.41) is 7.50. The lowest BCUT2D eigenvalue weighted by atomic mass is 9.88. The molecule has 2 aliphatic rings. The van der Waals surface area contributed by atoms with E-state index in [0.29, 0.717) is 6.04 Å². The summed E-state index contributed by atoms with van der Waals surface area (Å²) in [7, 11) is 0. The maximum Gasteiger partial charge on any atom is 0.0794 e. The van der Waals surface area contributed by atoms with Gasteiger partial charge < -0.3 is 10.6 Å². The van der Waals surface area contributed by atoms with Crippen molar-refractivity contribution in [3.8, 4) is 0 Å². The second-order valence-corrected chi connectivity index (χ2v) is 6.58. The zero-order chi connectivity index (χ0) is 12.2. The van der Waals surface area contributed by atoms with E-state index < -0.39 is 0 Å². The molecule has 1 saturated heterocycles. The van der Waals surface area contributed by atoms with E-state index in [-0.39, 0.29) is 0 Å². The van der Waals surface area contributed by atoms with Crippen LogP contribution in [0.4, 0.5) is 0 Å². The summed E-state index contributed by atoms with van der Waals surface area (Å²) in [5.41, 5.74) is 1.92. The van der Waals surface area contributed by atoms with Crippen LogP contribution < -0.4 is 10.6 Å². The molecule has 18 heavy (non-hydrogen) atoms. The van der Waals surface area contributed by atoms with Gasteiger partial charge in [0.05, 0.1) is 5.51 Å². The molecule has 0 bridgehead atoms. The molecule has 0 radical (unpaired) electrons. The van der Waals surface area contributed by atoms with Crippen LogP contribution in [0.3, 0.4) is 0 Å². The van der Waals surface area contributed by atoms with E-state index in [9.17, 15) is 0 Å². The Morgan fingerprint density at radius 1 is 1.28 bits per heavy atom. The van der Waals surface area contributed by atoms with Crippen molar-refractivity contribution in [1.29, 1.82) is 0 Å². The van der Waals surface area contributed by atoms with Crippen molar-refractivity contribution in [3.05, 3.63) is 16.6 Å². The quantitative estimate of drug-likeness (QED) is 0.878. The summed E-state index contributed by atoms with van der Waals surface area (Å²) in [6.07, 6.45) is 10.3. The van der Waals surface area contributed by atoms with Crippen molar-refractivity contribution in [2.24, 2.45) is 5.92 Å². The van der Waals surface area contributed by atoms with Gasteiger partial charge in [-0.1, -0.05) is 12.8 Å². The lowest BCUT2D eigenvalue weighted by molar-refractivity contribution is 0.257. The number of nitrogens with zero attached hydrogens (tertiary/aromatic N) is 1. The molecule has 3 atom stereocenters.